The molecular weight excluding hydrogens is 627 g/mol. The third-order valence-corrected chi connectivity index (χ3v) is 9.97. The Kier molecular flexibility index (Phi) is 5.97. The Morgan fingerprint density at radius 1 is 0.451 bits per heavy atom. The van der Waals surface area contributed by atoms with E-state index in [1.165, 1.54) is 0 Å². The number of hydrogen-bond donors (Lipinski definition) is 0. The molecule has 0 radical (unpaired) electrons. The van der Waals surface area contributed by atoms with Crippen molar-refractivity contribution in [1.82, 2.24) is 9.13 Å². The van der Waals surface area contributed by atoms with Crippen LogP contribution in [0.3, 0.4) is 0 Å². The maximum absolute atomic E-state index is 10.7. The van der Waals surface area contributed by atoms with E-state index in [1.54, 1.807) is 6.07 Å². The van der Waals surface area contributed by atoms with E-state index in [2.05, 4.69) is 75.9 Å². The smallest absolute Gasteiger partial charge is 0.137 e. The van der Waals surface area contributed by atoms with Crippen LogP contribution in [0.2, 0.25) is 0 Å². The number of nitriles is 3. The molecule has 6 heteroatoms. The lowest BCUT2D eigenvalue weighted by molar-refractivity contribution is 0.669. The molecule has 0 N–H and O–H groups in total. The number of benzene rings is 7. The van der Waals surface area contributed by atoms with Gasteiger partial charge in [0.1, 0.15) is 11.2 Å². The van der Waals surface area contributed by atoms with Crippen molar-refractivity contribution in [2.24, 2.45) is 0 Å². The Hall–Kier alpha value is -7.59. The average Bonchev–Trinajstić information content (AvgIpc) is 3.85. The van der Waals surface area contributed by atoms with Gasteiger partial charge in [0.05, 0.1) is 62.4 Å². The largest absolute Gasteiger partial charge is 0.456 e. The van der Waals surface area contributed by atoms with Crippen molar-refractivity contribution < 1.29 is 4.42 Å². The van der Waals surface area contributed by atoms with E-state index in [1.807, 2.05) is 84.9 Å². The van der Waals surface area contributed by atoms with E-state index in [0.717, 1.165) is 76.9 Å². The molecule has 0 amide bonds. The zero-order valence-corrected chi connectivity index (χ0v) is 26.9. The van der Waals surface area contributed by atoms with Gasteiger partial charge in [-0.1, -0.05) is 72.8 Å². The Morgan fingerprint density at radius 3 is 1.63 bits per heavy atom. The summed E-state index contributed by atoms with van der Waals surface area (Å²) in [5.74, 6) is 0. The molecule has 0 fully saturated rings. The van der Waals surface area contributed by atoms with Crippen LogP contribution in [-0.2, 0) is 0 Å². The van der Waals surface area contributed by atoms with E-state index in [-0.39, 0.29) is 0 Å². The molecule has 0 aliphatic rings. The van der Waals surface area contributed by atoms with Crippen molar-refractivity contribution in [3.8, 4) is 40.7 Å². The molecule has 0 aliphatic carbocycles. The first-order chi connectivity index (χ1) is 25.2. The lowest BCUT2D eigenvalue weighted by atomic mass is 9.93. The van der Waals surface area contributed by atoms with E-state index >= 15 is 0 Å². The van der Waals surface area contributed by atoms with Gasteiger partial charge in [-0.25, -0.2) is 0 Å². The number of para-hydroxylation sites is 4. The molecule has 3 aromatic heterocycles. The van der Waals surface area contributed by atoms with Crippen molar-refractivity contribution in [3.05, 3.63) is 156 Å². The van der Waals surface area contributed by atoms with Gasteiger partial charge in [0.25, 0.3) is 0 Å². The van der Waals surface area contributed by atoms with Crippen LogP contribution in [-0.4, -0.2) is 9.13 Å². The first-order valence-corrected chi connectivity index (χ1v) is 16.5. The zero-order valence-electron chi connectivity index (χ0n) is 26.9. The van der Waals surface area contributed by atoms with Crippen molar-refractivity contribution >= 4 is 65.6 Å². The SMILES string of the molecule is N#Cc1cc(-c2c(C#N)cc(-n3c4ccccc4c4ccccc43)cc2C#N)cc(-n2c3ccccc3c3ccc4oc5ccccc5c4c32)c1. The summed E-state index contributed by atoms with van der Waals surface area (Å²) < 4.78 is 10.6. The Bertz CT molecular complexity index is 3160. The second kappa shape index (κ2) is 10.7. The second-order valence-corrected chi connectivity index (χ2v) is 12.7. The van der Waals surface area contributed by atoms with Gasteiger partial charge in [-0.05, 0) is 72.3 Å². The molecule has 0 atom stereocenters. The lowest BCUT2D eigenvalue weighted by Crippen LogP contribution is -2.01. The van der Waals surface area contributed by atoms with Gasteiger partial charge < -0.3 is 13.6 Å². The summed E-state index contributed by atoms with van der Waals surface area (Å²) >= 11 is 0. The van der Waals surface area contributed by atoms with Gasteiger partial charge in [0.2, 0.25) is 0 Å². The van der Waals surface area contributed by atoms with Gasteiger partial charge in [0.15, 0.2) is 0 Å². The van der Waals surface area contributed by atoms with E-state index < -0.39 is 0 Å². The van der Waals surface area contributed by atoms with Crippen LogP contribution in [0.5, 0.6) is 0 Å². The molecule has 6 nitrogen and oxygen atoms in total. The fraction of sp³-hybridized carbons (Fsp3) is 0. The van der Waals surface area contributed by atoms with Crippen LogP contribution in [0.25, 0.3) is 88.1 Å². The van der Waals surface area contributed by atoms with Crippen molar-refractivity contribution in [1.29, 1.82) is 15.8 Å². The molecule has 0 bridgehead atoms. The molecule has 7 aromatic carbocycles. The van der Waals surface area contributed by atoms with Crippen LogP contribution < -0.4 is 0 Å². The molecule has 0 spiro atoms. The number of nitrogens with zero attached hydrogens (tertiary/aromatic N) is 5. The second-order valence-electron chi connectivity index (χ2n) is 12.7. The number of aromatic nitrogens is 2. The van der Waals surface area contributed by atoms with Gasteiger partial charge in [0, 0.05) is 43.9 Å². The minimum absolute atomic E-state index is 0.345. The maximum atomic E-state index is 10.7. The standard InChI is InChI=1S/C45H23N5O/c46-24-27-19-28(43-29(25-47)22-32(23-30(43)26-48)49-38-13-5-1-9-33(38)34-10-2-6-14-39(34)49)21-31(20-27)50-40-15-7-3-11-35(40)36-17-18-42-44(45(36)50)37-12-4-8-16-41(37)51-42/h1-23H. The monoisotopic (exact) mass is 649 g/mol. The van der Waals surface area contributed by atoms with Crippen LogP contribution >= 0.6 is 0 Å². The highest BCUT2D eigenvalue weighted by atomic mass is 16.3. The third-order valence-electron chi connectivity index (χ3n) is 9.97. The molecule has 51 heavy (non-hydrogen) atoms. The maximum Gasteiger partial charge on any atom is 0.137 e. The molecule has 3 heterocycles. The summed E-state index contributed by atoms with van der Waals surface area (Å²) in [6.07, 6.45) is 0. The predicted molar refractivity (Wildman–Crippen MR) is 202 cm³/mol. The summed E-state index contributed by atoms with van der Waals surface area (Å²) in [6, 6.07) is 53.0. The molecule has 0 aliphatic heterocycles. The highest BCUT2D eigenvalue weighted by Crippen LogP contribution is 2.42. The topological polar surface area (TPSA) is 94.4 Å². The molecule has 10 rings (SSSR count). The van der Waals surface area contributed by atoms with Crippen LogP contribution in [0, 0.1) is 34.0 Å². The van der Waals surface area contributed by atoms with Crippen molar-refractivity contribution in [2.75, 3.05) is 0 Å². The predicted octanol–water partition coefficient (Wildman–Crippen LogP) is 11.1. The van der Waals surface area contributed by atoms with Crippen LogP contribution in [0.1, 0.15) is 16.7 Å². The Morgan fingerprint density at radius 2 is 1.00 bits per heavy atom. The fourth-order valence-corrected chi connectivity index (χ4v) is 7.93. The Balaban J connectivity index is 1.26. The highest BCUT2D eigenvalue weighted by Gasteiger charge is 2.22. The molecule has 0 saturated heterocycles. The van der Waals surface area contributed by atoms with E-state index in [0.29, 0.717) is 27.8 Å². The lowest BCUT2D eigenvalue weighted by Gasteiger charge is -2.15. The molecule has 234 valence electrons. The minimum Gasteiger partial charge on any atom is -0.456 e. The van der Waals surface area contributed by atoms with Crippen LogP contribution in [0.15, 0.2) is 144 Å². The zero-order chi connectivity index (χ0) is 34.2. The van der Waals surface area contributed by atoms with Crippen molar-refractivity contribution in [3.63, 3.8) is 0 Å². The number of rotatable bonds is 3. The van der Waals surface area contributed by atoms with E-state index in [4.69, 9.17) is 4.42 Å². The average molecular weight is 650 g/mol. The summed E-state index contributed by atoms with van der Waals surface area (Å²) in [7, 11) is 0. The van der Waals surface area contributed by atoms with E-state index in [9.17, 15) is 15.8 Å². The normalized spacial score (nSPS) is 11.5. The Labute approximate surface area is 291 Å². The summed E-state index contributed by atoms with van der Waals surface area (Å²) in [5, 5.41) is 37.9. The molecular formula is C45H23N5O. The highest BCUT2D eigenvalue weighted by molar-refractivity contribution is 6.24. The molecule has 0 saturated carbocycles. The van der Waals surface area contributed by atoms with Gasteiger partial charge in [-0.3, -0.25) is 0 Å². The number of furan rings is 1. The molecule has 10 aromatic rings. The third kappa shape index (κ3) is 4.01. The summed E-state index contributed by atoms with van der Waals surface area (Å²) in [4.78, 5) is 0. The van der Waals surface area contributed by atoms with Crippen molar-refractivity contribution in [2.45, 2.75) is 0 Å². The quantitative estimate of drug-likeness (QED) is 0.190. The number of hydrogen-bond acceptors (Lipinski definition) is 4. The van der Waals surface area contributed by atoms with Gasteiger partial charge >= 0.3 is 0 Å². The van der Waals surface area contributed by atoms with Gasteiger partial charge in [-0.2, -0.15) is 15.8 Å². The number of fused-ring (bicyclic) bond motifs is 10. The van der Waals surface area contributed by atoms with Crippen LogP contribution in [0.4, 0.5) is 0 Å². The van der Waals surface area contributed by atoms with Gasteiger partial charge in [-0.15, -0.1) is 0 Å². The first kappa shape index (κ1) is 28.4. The summed E-state index contributed by atoms with van der Waals surface area (Å²) in [5.41, 5.74) is 9.12. The first-order valence-electron chi connectivity index (χ1n) is 16.5. The molecule has 0 unspecified atom stereocenters. The summed E-state index contributed by atoms with van der Waals surface area (Å²) in [6.45, 7) is 0. The minimum atomic E-state index is 0.345. The fourth-order valence-electron chi connectivity index (χ4n) is 7.93.